The van der Waals surface area contributed by atoms with Crippen LogP contribution < -0.4 is 15.0 Å². The van der Waals surface area contributed by atoms with Crippen LogP contribution in [0.25, 0.3) is 11.3 Å². The molecule has 0 fully saturated rings. The van der Waals surface area contributed by atoms with Crippen LogP contribution in [0.2, 0.25) is 0 Å². The van der Waals surface area contributed by atoms with Crippen molar-refractivity contribution in [2.45, 2.75) is 0 Å². The van der Waals surface area contributed by atoms with Crippen molar-refractivity contribution in [1.29, 1.82) is 0 Å². The van der Waals surface area contributed by atoms with Gasteiger partial charge in [0.15, 0.2) is 11.7 Å². The van der Waals surface area contributed by atoms with Crippen molar-refractivity contribution in [3.8, 4) is 17.0 Å². The van der Waals surface area contributed by atoms with Gasteiger partial charge in [-0.15, -0.1) is 17.9 Å². The Balaban J connectivity index is 1.57. The largest absolute Gasteiger partial charge is 0.482 e. The Kier molecular flexibility index (Phi) is 5.09. The van der Waals surface area contributed by atoms with Gasteiger partial charge in [-0.25, -0.2) is 9.37 Å². The number of carbonyl (C=O) groups is 2. The summed E-state index contributed by atoms with van der Waals surface area (Å²) in [7, 11) is 0. The van der Waals surface area contributed by atoms with Crippen molar-refractivity contribution >= 4 is 34.0 Å². The minimum Gasteiger partial charge on any atom is -0.482 e. The highest BCUT2D eigenvalue weighted by molar-refractivity contribution is 7.14. The van der Waals surface area contributed by atoms with E-state index in [1.165, 1.54) is 35.6 Å². The van der Waals surface area contributed by atoms with Gasteiger partial charge in [-0.3, -0.25) is 14.9 Å². The van der Waals surface area contributed by atoms with Gasteiger partial charge < -0.3 is 9.64 Å². The maximum atomic E-state index is 13.3. The molecular weight excluding hydrogens is 393 g/mol. The van der Waals surface area contributed by atoms with E-state index < -0.39 is 11.7 Å². The number of nitrogens with zero attached hydrogens (tertiary/aromatic N) is 2. The number of thiazole rings is 1. The van der Waals surface area contributed by atoms with Crippen LogP contribution in [0.5, 0.6) is 5.75 Å². The van der Waals surface area contributed by atoms with Crippen molar-refractivity contribution in [3.63, 3.8) is 0 Å². The first-order chi connectivity index (χ1) is 14.0. The maximum absolute atomic E-state index is 13.3. The molecule has 3 aromatic rings. The Hall–Kier alpha value is -3.52. The van der Waals surface area contributed by atoms with Gasteiger partial charge in [0.25, 0.3) is 11.8 Å². The molecule has 1 aliphatic heterocycles. The summed E-state index contributed by atoms with van der Waals surface area (Å²) in [6, 6.07) is 10.9. The topological polar surface area (TPSA) is 71.5 Å². The lowest BCUT2D eigenvalue weighted by Crippen LogP contribution is -2.38. The van der Waals surface area contributed by atoms with Crippen molar-refractivity contribution in [2.75, 3.05) is 23.4 Å². The van der Waals surface area contributed by atoms with E-state index >= 15 is 0 Å². The first-order valence-electron chi connectivity index (χ1n) is 8.76. The highest BCUT2D eigenvalue weighted by Crippen LogP contribution is 2.36. The molecule has 0 radical (unpaired) electrons. The van der Waals surface area contributed by atoms with Crippen molar-refractivity contribution < 1.29 is 18.7 Å². The van der Waals surface area contributed by atoms with Crippen LogP contribution in [0.1, 0.15) is 10.4 Å². The Bertz CT molecular complexity index is 1110. The minimum atomic E-state index is -0.479. The Morgan fingerprint density at radius 1 is 1.34 bits per heavy atom. The van der Waals surface area contributed by atoms with Crippen LogP contribution >= 0.6 is 11.3 Å². The summed E-state index contributed by atoms with van der Waals surface area (Å²) in [6.45, 7) is 4.07. The molecule has 29 heavy (non-hydrogen) atoms. The van der Waals surface area contributed by atoms with E-state index in [2.05, 4.69) is 16.9 Å². The second-order valence-corrected chi connectivity index (χ2v) is 7.12. The monoisotopic (exact) mass is 409 g/mol. The highest BCUT2D eigenvalue weighted by atomic mass is 32.1. The molecule has 0 aliphatic carbocycles. The summed E-state index contributed by atoms with van der Waals surface area (Å²) < 4.78 is 18.8. The third kappa shape index (κ3) is 3.88. The van der Waals surface area contributed by atoms with Crippen LogP contribution in [0.4, 0.5) is 15.2 Å². The van der Waals surface area contributed by atoms with Crippen molar-refractivity contribution in [3.05, 3.63) is 71.9 Å². The number of amides is 2. The molecule has 146 valence electrons. The number of hydrogen-bond donors (Lipinski definition) is 1. The quantitative estimate of drug-likeness (QED) is 0.644. The molecule has 0 atom stereocenters. The number of ether oxygens (including phenoxy) is 1. The predicted molar refractivity (Wildman–Crippen MR) is 110 cm³/mol. The zero-order valence-corrected chi connectivity index (χ0v) is 16.0. The van der Waals surface area contributed by atoms with Crippen molar-refractivity contribution in [1.82, 2.24) is 4.98 Å². The van der Waals surface area contributed by atoms with Gasteiger partial charge >= 0.3 is 0 Å². The molecule has 8 heteroatoms. The third-order valence-electron chi connectivity index (χ3n) is 4.32. The van der Waals surface area contributed by atoms with Crippen molar-refractivity contribution in [2.24, 2.45) is 0 Å². The second-order valence-electron chi connectivity index (χ2n) is 6.27. The predicted octanol–water partition coefficient (Wildman–Crippen LogP) is 4.11. The van der Waals surface area contributed by atoms with Gasteiger partial charge in [0.2, 0.25) is 0 Å². The summed E-state index contributed by atoms with van der Waals surface area (Å²) in [6.07, 6.45) is 1.66. The first-order valence-corrected chi connectivity index (χ1v) is 9.64. The van der Waals surface area contributed by atoms with Crippen LogP contribution in [0, 0.1) is 5.82 Å². The zero-order valence-electron chi connectivity index (χ0n) is 15.2. The molecule has 0 saturated carbocycles. The fourth-order valence-corrected chi connectivity index (χ4v) is 3.67. The standard InChI is InChI=1S/C21H16FN3O3S/c1-2-8-25-17-10-13(6-7-18(17)28-11-19(25)26)16-12-29-21(23-16)24-20(27)14-4-3-5-15(22)9-14/h2-7,9-10,12H,1,8,11H2,(H,23,24,27). The smallest absolute Gasteiger partial charge is 0.265 e. The number of benzene rings is 2. The van der Waals surface area contributed by atoms with Crippen LogP contribution in [-0.2, 0) is 4.79 Å². The zero-order chi connectivity index (χ0) is 20.4. The number of anilines is 2. The lowest BCUT2D eigenvalue weighted by Gasteiger charge is -2.28. The number of halogens is 1. The lowest BCUT2D eigenvalue weighted by atomic mass is 10.1. The van der Waals surface area contributed by atoms with Gasteiger partial charge in [-0.05, 0) is 36.4 Å². The highest BCUT2D eigenvalue weighted by Gasteiger charge is 2.25. The molecule has 2 aromatic carbocycles. The third-order valence-corrected chi connectivity index (χ3v) is 5.08. The average Bonchev–Trinajstić information content (AvgIpc) is 3.18. The molecule has 0 saturated heterocycles. The molecule has 0 spiro atoms. The summed E-state index contributed by atoms with van der Waals surface area (Å²) in [4.78, 5) is 30.5. The molecule has 1 aromatic heterocycles. The van der Waals surface area contributed by atoms with E-state index in [-0.39, 0.29) is 18.1 Å². The minimum absolute atomic E-state index is 0.00680. The SMILES string of the molecule is C=CCN1C(=O)COc2ccc(-c3csc(NC(=O)c4cccc(F)c4)n3)cc21. The van der Waals surface area contributed by atoms with Gasteiger partial charge in [0, 0.05) is 23.1 Å². The number of carbonyl (C=O) groups excluding carboxylic acids is 2. The normalized spacial score (nSPS) is 12.9. The van der Waals surface area contributed by atoms with E-state index in [0.29, 0.717) is 28.8 Å². The van der Waals surface area contributed by atoms with E-state index in [0.717, 1.165) is 5.56 Å². The molecule has 1 N–H and O–H groups in total. The number of nitrogens with one attached hydrogen (secondary N) is 1. The first kappa shape index (κ1) is 18.8. The van der Waals surface area contributed by atoms with Crippen LogP contribution in [-0.4, -0.2) is 29.9 Å². The lowest BCUT2D eigenvalue weighted by molar-refractivity contribution is -0.121. The van der Waals surface area contributed by atoms with E-state index in [1.807, 2.05) is 12.1 Å². The molecule has 0 bridgehead atoms. The Morgan fingerprint density at radius 3 is 3.00 bits per heavy atom. The Morgan fingerprint density at radius 2 is 2.21 bits per heavy atom. The molecule has 4 rings (SSSR count). The maximum Gasteiger partial charge on any atom is 0.265 e. The summed E-state index contributed by atoms with van der Waals surface area (Å²) in [5, 5.41) is 4.86. The van der Waals surface area contributed by atoms with E-state index in [4.69, 9.17) is 4.74 Å². The van der Waals surface area contributed by atoms with Gasteiger partial charge in [-0.1, -0.05) is 12.1 Å². The second kappa shape index (κ2) is 7.84. The summed E-state index contributed by atoms with van der Waals surface area (Å²) in [5.74, 6) is -0.444. The molecule has 6 nitrogen and oxygen atoms in total. The van der Waals surface area contributed by atoms with Crippen LogP contribution in [0.15, 0.2) is 60.5 Å². The Labute approximate surface area is 170 Å². The molecule has 1 aliphatic rings. The molecule has 0 unspecified atom stereocenters. The fourth-order valence-electron chi connectivity index (χ4n) is 2.95. The van der Waals surface area contributed by atoms with Gasteiger partial charge in [0.1, 0.15) is 11.6 Å². The number of aromatic nitrogens is 1. The van der Waals surface area contributed by atoms with Gasteiger partial charge in [0.05, 0.1) is 11.4 Å². The van der Waals surface area contributed by atoms with E-state index in [1.54, 1.807) is 22.4 Å². The van der Waals surface area contributed by atoms with E-state index in [9.17, 15) is 14.0 Å². The summed E-state index contributed by atoms with van der Waals surface area (Å²) in [5.41, 5.74) is 2.28. The average molecular weight is 409 g/mol. The molecule has 2 heterocycles. The summed E-state index contributed by atoms with van der Waals surface area (Å²) >= 11 is 1.26. The number of hydrogen-bond acceptors (Lipinski definition) is 5. The van der Waals surface area contributed by atoms with Gasteiger partial charge in [-0.2, -0.15) is 0 Å². The number of fused-ring (bicyclic) bond motifs is 1. The number of rotatable bonds is 5. The molecule has 2 amide bonds. The fraction of sp³-hybridized carbons (Fsp3) is 0.0952. The van der Waals surface area contributed by atoms with Crippen LogP contribution in [0.3, 0.4) is 0 Å². The molecular formula is C21H16FN3O3S.